The minimum absolute atomic E-state index is 0.780. The maximum atomic E-state index is 5.23. The van der Waals surface area contributed by atoms with E-state index in [9.17, 15) is 0 Å². The van der Waals surface area contributed by atoms with Crippen LogP contribution < -0.4 is 0 Å². The van der Waals surface area contributed by atoms with Gasteiger partial charge in [0.2, 0.25) is 0 Å². The van der Waals surface area contributed by atoms with Crippen molar-refractivity contribution in [2.45, 2.75) is 0 Å². The van der Waals surface area contributed by atoms with Gasteiger partial charge in [0.25, 0.3) is 0 Å². The Morgan fingerprint density at radius 2 is 2.33 bits per heavy atom. The molecule has 0 N–H and O–H groups in total. The largest absolute Gasteiger partial charge is 0.253 e. The number of rotatable bonds is 0. The van der Waals surface area contributed by atoms with Gasteiger partial charge in [-0.3, -0.25) is 9.97 Å². The lowest BCUT2D eigenvalue weighted by Crippen LogP contribution is -1.82. The number of nitrogens with zero attached hydrogens (tertiary/aromatic N) is 2. The normalized spacial score (nSPS) is 9.58. The molecule has 0 aliphatic rings. The third kappa shape index (κ3) is 1.02. The number of aromatic nitrogens is 2. The van der Waals surface area contributed by atoms with Crippen molar-refractivity contribution in [1.82, 2.24) is 9.97 Å². The maximum absolute atomic E-state index is 5.23. The van der Waals surface area contributed by atoms with E-state index >= 15 is 0 Å². The van der Waals surface area contributed by atoms with Gasteiger partial charge in [0.15, 0.2) is 0 Å². The van der Waals surface area contributed by atoms with Crippen LogP contribution in [0.15, 0.2) is 24.5 Å². The van der Waals surface area contributed by atoms with Gasteiger partial charge in [0, 0.05) is 17.1 Å². The Kier molecular flexibility index (Phi) is 1.49. The molecule has 2 nitrogen and oxygen atoms in total. The number of hydrogen-bond acceptors (Lipinski definition) is 2. The summed E-state index contributed by atoms with van der Waals surface area (Å²) in [6, 6.07) is 3.66. The van der Waals surface area contributed by atoms with Crippen LogP contribution in [0.3, 0.4) is 0 Å². The van der Waals surface area contributed by atoms with Gasteiger partial charge in [-0.1, -0.05) is 5.92 Å². The van der Waals surface area contributed by atoms with Gasteiger partial charge in [-0.15, -0.1) is 6.42 Å². The molecule has 1 radical (unpaired) electrons. The second kappa shape index (κ2) is 2.63. The summed E-state index contributed by atoms with van der Waals surface area (Å²) in [4.78, 5) is 7.96. The molecule has 0 bridgehead atoms. The van der Waals surface area contributed by atoms with Crippen molar-refractivity contribution in [3.05, 3.63) is 36.3 Å². The third-order valence-electron chi connectivity index (χ3n) is 1.60. The Labute approximate surface area is 70.3 Å². The van der Waals surface area contributed by atoms with E-state index in [2.05, 4.69) is 22.1 Å². The van der Waals surface area contributed by atoms with Crippen molar-refractivity contribution in [2.24, 2.45) is 0 Å². The van der Waals surface area contributed by atoms with Crippen LogP contribution >= 0.6 is 0 Å². The highest BCUT2D eigenvalue weighted by atomic mass is 14.7. The molecule has 0 aliphatic heterocycles. The van der Waals surface area contributed by atoms with Gasteiger partial charge in [-0.05, 0) is 12.1 Å². The number of fused-ring (bicyclic) bond motifs is 1. The second-order valence-corrected chi connectivity index (χ2v) is 2.37. The fourth-order valence-corrected chi connectivity index (χ4v) is 1.000. The van der Waals surface area contributed by atoms with E-state index in [1.54, 1.807) is 18.5 Å². The van der Waals surface area contributed by atoms with Crippen LogP contribution in [0.25, 0.3) is 10.9 Å². The Morgan fingerprint density at radius 3 is 3.17 bits per heavy atom. The fraction of sp³-hybridized carbons (Fsp3) is 0. The van der Waals surface area contributed by atoms with Gasteiger partial charge in [-0.2, -0.15) is 0 Å². The summed E-state index contributed by atoms with van der Waals surface area (Å²) in [6.45, 7) is 0. The van der Waals surface area contributed by atoms with E-state index in [0.29, 0.717) is 0 Å². The Bertz CT molecular complexity index is 455. The topological polar surface area (TPSA) is 25.8 Å². The predicted octanol–water partition coefficient (Wildman–Crippen LogP) is 1.41. The van der Waals surface area contributed by atoms with Gasteiger partial charge < -0.3 is 0 Å². The molecule has 0 fully saturated rings. The lowest BCUT2D eigenvalue weighted by atomic mass is 10.2. The molecule has 0 atom stereocenters. The van der Waals surface area contributed by atoms with E-state index in [1.807, 2.05) is 6.07 Å². The first-order valence-electron chi connectivity index (χ1n) is 3.48. The number of hydrogen-bond donors (Lipinski definition) is 0. The van der Waals surface area contributed by atoms with Crippen LogP contribution in [-0.4, -0.2) is 9.97 Å². The van der Waals surface area contributed by atoms with Gasteiger partial charge >= 0.3 is 0 Å². The monoisotopic (exact) mass is 153 g/mol. The lowest BCUT2D eigenvalue weighted by Gasteiger charge is -1.94. The van der Waals surface area contributed by atoms with Gasteiger partial charge in [0.05, 0.1) is 17.9 Å². The van der Waals surface area contributed by atoms with E-state index < -0.39 is 0 Å². The molecule has 0 spiro atoms. The lowest BCUT2D eigenvalue weighted by molar-refractivity contribution is 1.29. The van der Waals surface area contributed by atoms with Crippen LogP contribution in [0.5, 0.6) is 0 Å². The molecule has 2 aromatic heterocycles. The van der Waals surface area contributed by atoms with E-state index in [4.69, 9.17) is 6.42 Å². The van der Waals surface area contributed by atoms with Crippen molar-refractivity contribution >= 4 is 10.9 Å². The summed E-state index contributed by atoms with van der Waals surface area (Å²) in [5.74, 6) is 2.52. The zero-order valence-electron chi connectivity index (χ0n) is 6.28. The van der Waals surface area contributed by atoms with Gasteiger partial charge in [0.1, 0.15) is 0 Å². The second-order valence-electron chi connectivity index (χ2n) is 2.37. The van der Waals surface area contributed by atoms with Crippen LogP contribution in [0.2, 0.25) is 0 Å². The van der Waals surface area contributed by atoms with Gasteiger partial charge in [-0.25, -0.2) is 0 Å². The maximum Gasteiger partial charge on any atom is 0.0894 e. The predicted molar refractivity (Wildman–Crippen MR) is 46.3 cm³/mol. The zero-order valence-corrected chi connectivity index (χ0v) is 6.28. The molecule has 2 heterocycles. The number of terminal acetylenes is 1. The van der Waals surface area contributed by atoms with Crippen LogP contribution in [0.4, 0.5) is 0 Å². The molecular formula is C10H5N2. The first kappa shape index (κ1) is 6.81. The van der Waals surface area contributed by atoms with Crippen molar-refractivity contribution in [3.63, 3.8) is 0 Å². The Hall–Kier alpha value is -1.88. The summed E-state index contributed by atoms with van der Waals surface area (Å²) in [5, 5.41) is 0.973. The zero-order chi connectivity index (χ0) is 8.39. The minimum atomic E-state index is 0.780. The van der Waals surface area contributed by atoms with Crippen molar-refractivity contribution in [3.8, 4) is 12.3 Å². The highest BCUT2D eigenvalue weighted by Gasteiger charge is 1.93. The molecule has 2 aromatic rings. The summed E-state index contributed by atoms with van der Waals surface area (Å²) in [6.07, 6.45) is 11.3. The fourth-order valence-electron chi connectivity index (χ4n) is 1.000. The summed E-state index contributed by atoms with van der Waals surface area (Å²) < 4.78 is 0. The molecule has 12 heavy (non-hydrogen) atoms. The summed E-state index contributed by atoms with van der Waals surface area (Å²) in [7, 11) is 0. The smallest absolute Gasteiger partial charge is 0.0894 e. The van der Waals surface area contributed by atoms with E-state index in [-0.39, 0.29) is 0 Å². The Balaban J connectivity index is 2.78. The summed E-state index contributed by atoms with van der Waals surface area (Å²) >= 11 is 0. The molecule has 0 amide bonds. The van der Waals surface area contributed by atoms with Crippen molar-refractivity contribution in [1.29, 1.82) is 0 Å². The molecule has 0 aromatic carbocycles. The first-order valence-corrected chi connectivity index (χ1v) is 3.48. The minimum Gasteiger partial charge on any atom is -0.253 e. The summed E-state index contributed by atoms with van der Waals surface area (Å²) in [5.41, 5.74) is 1.62. The molecule has 0 saturated heterocycles. The molecular weight excluding hydrogens is 148 g/mol. The molecule has 0 unspecified atom stereocenters. The third-order valence-corrected chi connectivity index (χ3v) is 1.60. The van der Waals surface area contributed by atoms with Crippen LogP contribution in [-0.2, 0) is 0 Å². The number of pyridine rings is 2. The average molecular weight is 153 g/mol. The molecule has 2 heteroatoms. The SMILES string of the molecule is C#Cc1cnc2cn[c]cc2c1. The quantitative estimate of drug-likeness (QED) is 0.535. The standard InChI is InChI=1S/C10H5N2/c1-2-8-5-9-3-4-11-7-10(9)12-6-8/h1,3,5-7H. The molecule has 2 rings (SSSR count). The molecule has 0 saturated carbocycles. The van der Waals surface area contributed by atoms with E-state index in [1.165, 1.54) is 0 Å². The highest BCUT2D eigenvalue weighted by molar-refractivity contribution is 5.78. The Morgan fingerprint density at radius 1 is 1.42 bits per heavy atom. The molecule has 55 valence electrons. The van der Waals surface area contributed by atoms with Crippen molar-refractivity contribution < 1.29 is 0 Å². The van der Waals surface area contributed by atoms with Crippen LogP contribution in [0.1, 0.15) is 5.56 Å². The molecule has 0 aliphatic carbocycles. The average Bonchev–Trinajstić information content (AvgIpc) is 2.17. The van der Waals surface area contributed by atoms with E-state index in [0.717, 1.165) is 16.5 Å². The van der Waals surface area contributed by atoms with Crippen molar-refractivity contribution in [2.75, 3.05) is 0 Å². The first-order chi connectivity index (χ1) is 5.90. The highest BCUT2D eigenvalue weighted by Crippen LogP contribution is 2.09. The van der Waals surface area contributed by atoms with Crippen LogP contribution in [0, 0.1) is 18.5 Å².